The third-order valence-electron chi connectivity index (χ3n) is 6.07. The van der Waals surface area contributed by atoms with Crippen molar-refractivity contribution < 1.29 is 9.53 Å². The third-order valence-corrected chi connectivity index (χ3v) is 6.07. The van der Waals surface area contributed by atoms with Gasteiger partial charge in [0.05, 0.1) is 30.8 Å². The molecule has 2 aromatic rings. The summed E-state index contributed by atoms with van der Waals surface area (Å²) in [7, 11) is 2.09. The number of rotatable bonds is 3. The van der Waals surface area contributed by atoms with Crippen LogP contribution >= 0.6 is 0 Å². The molecule has 1 aromatic carbocycles. The molecule has 5 heterocycles. The summed E-state index contributed by atoms with van der Waals surface area (Å²) < 4.78 is 7.53. The Morgan fingerprint density at radius 1 is 1.19 bits per heavy atom. The van der Waals surface area contributed by atoms with Crippen molar-refractivity contribution in [3.63, 3.8) is 0 Å². The van der Waals surface area contributed by atoms with Crippen LogP contribution in [0.3, 0.4) is 0 Å². The molecule has 4 fully saturated rings. The Bertz CT molecular complexity index is 816. The number of carbonyl (C=O) groups is 1. The predicted molar refractivity (Wildman–Crippen MR) is 99.2 cm³/mol. The Labute approximate surface area is 153 Å². The summed E-state index contributed by atoms with van der Waals surface area (Å²) in [6, 6.07) is 9.18. The first-order chi connectivity index (χ1) is 12.7. The normalized spacial score (nSPS) is 26.2. The molecule has 2 atom stereocenters. The molecule has 4 aliphatic heterocycles. The zero-order valence-electron chi connectivity index (χ0n) is 15.2. The fourth-order valence-corrected chi connectivity index (χ4v) is 4.59. The van der Waals surface area contributed by atoms with Gasteiger partial charge >= 0.3 is 0 Å². The summed E-state index contributed by atoms with van der Waals surface area (Å²) in [6.07, 6.45) is 1.19. The number of morpholine rings is 1. The molecule has 0 N–H and O–H groups in total. The molecule has 0 saturated carbocycles. The van der Waals surface area contributed by atoms with Crippen molar-refractivity contribution in [2.24, 2.45) is 7.05 Å². The lowest BCUT2D eigenvalue weighted by molar-refractivity contribution is -0.141. The molecule has 4 aliphatic rings. The van der Waals surface area contributed by atoms with Gasteiger partial charge in [0.25, 0.3) is 0 Å². The minimum atomic E-state index is 0.249. The van der Waals surface area contributed by atoms with Crippen LogP contribution in [-0.2, 0) is 16.6 Å². The van der Waals surface area contributed by atoms with Crippen LogP contribution in [0.25, 0.3) is 11.0 Å². The molecule has 0 aliphatic carbocycles. The number of ether oxygens (including phenoxy) is 1. The first-order valence-corrected chi connectivity index (χ1v) is 9.48. The highest BCUT2D eigenvalue weighted by Crippen LogP contribution is 2.35. The zero-order chi connectivity index (χ0) is 17.7. The average molecular weight is 355 g/mol. The van der Waals surface area contributed by atoms with Gasteiger partial charge < -0.3 is 19.1 Å². The maximum absolute atomic E-state index is 12.6. The van der Waals surface area contributed by atoms with Crippen LogP contribution in [0.15, 0.2) is 24.3 Å². The van der Waals surface area contributed by atoms with Gasteiger partial charge in [0.2, 0.25) is 11.9 Å². The Balaban J connectivity index is 1.27. The molecule has 1 aromatic heterocycles. The fourth-order valence-electron chi connectivity index (χ4n) is 4.59. The number of hydrogen-bond donors (Lipinski definition) is 0. The molecular formula is C19H25N5O2. The van der Waals surface area contributed by atoms with Gasteiger partial charge in [-0.25, -0.2) is 4.98 Å². The summed E-state index contributed by atoms with van der Waals surface area (Å²) in [6.45, 7) is 5.24. The quantitative estimate of drug-likeness (QED) is 0.811. The molecule has 2 bridgehead atoms. The second-order valence-electron chi connectivity index (χ2n) is 7.57. The number of imidazole rings is 1. The molecular weight excluding hydrogens is 330 g/mol. The molecule has 1 amide bonds. The Morgan fingerprint density at radius 2 is 1.92 bits per heavy atom. The fraction of sp³-hybridized carbons (Fsp3) is 0.579. The van der Waals surface area contributed by atoms with Crippen molar-refractivity contribution in [3.8, 4) is 0 Å². The van der Waals surface area contributed by atoms with Crippen LogP contribution in [0.2, 0.25) is 0 Å². The van der Waals surface area contributed by atoms with Crippen LogP contribution in [0.1, 0.15) is 6.42 Å². The molecule has 4 saturated heterocycles. The summed E-state index contributed by atoms with van der Waals surface area (Å²) in [5.41, 5.74) is 2.21. The van der Waals surface area contributed by atoms with E-state index >= 15 is 0 Å². The van der Waals surface area contributed by atoms with E-state index < -0.39 is 0 Å². The van der Waals surface area contributed by atoms with Crippen LogP contribution in [0, 0.1) is 0 Å². The minimum Gasteiger partial charge on any atom is -0.378 e. The van der Waals surface area contributed by atoms with Crippen molar-refractivity contribution in [2.75, 3.05) is 50.8 Å². The summed E-state index contributed by atoms with van der Waals surface area (Å²) in [5, 5.41) is 0. The van der Waals surface area contributed by atoms with Gasteiger partial charge in [-0.2, -0.15) is 0 Å². The first kappa shape index (κ1) is 16.1. The predicted octanol–water partition coefficient (Wildman–Crippen LogP) is 0.695. The smallest absolute Gasteiger partial charge is 0.236 e. The van der Waals surface area contributed by atoms with Crippen molar-refractivity contribution >= 4 is 22.9 Å². The van der Waals surface area contributed by atoms with E-state index in [1.807, 2.05) is 11.0 Å². The molecule has 2 unspecified atom stereocenters. The van der Waals surface area contributed by atoms with E-state index in [0.29, 0.717) is 31.8 Å². The number of piperazine rings is 1. The highest BCUT2D eigenvalue weighted by atomic mass is 16.5. The van der Waals surface area contributed by atoms with Crippen molar-refractivity contribution in [1.82, 2.24) is 19.4 Å². The molecule has 138 valence electrons. The van der Waals surface area contributed by atoms with E-state index in [-0.39, 0.29) is 5.91 Å². The van der Waals surface area contributed by atoms with Crippen molar-refractivity contribution in [1.29, 1.82) is 0 Å². The number of nitrogens with zero attached hydrogens (tertiary/aromatic N) is 5. The highest BCUT2D eigenvalue weighted by molar-refractivity contribution is 5.79. The zero-order valence-corrected chi connectivity index (χ0v) is 15.2. The standard InChI is InChI=1S/C19H25N5O2/c1-21-17-5-3-2-4-16(17)20-19(21)23-11-14-10-15(12-23)24(14)13-18(25)22-6-8-26-9-7-22/h2-5,14-15H,6-13H2,1H3. The number of benzene rings is 1. The second-order valence-corrected chi connectivity index (χ2v) is 7.57. The Kier molecular flexibility index (Phi) is 3.86. The molecule has 7 heteroatoms. The van der Waals surface area contributed by atoms with Gasteiger partial charge in [-0.05, 0) is 18.6 Å². The summed E-state index contributed by atoms with van der Waals surface area (Å²) in [4.78, 5) is 24.1. The average Bonchev–Trinajstić information content (AvgIpc) is 3.04. The highest BCUT2D eigenvalue weighted by Gasteiger charge is 2.46. The van der Waals surface area contributed by atoms with Crippen LogP contribution in [-0.4, -0.2) is 83.3 Å². The van der Waals surface area contributed by atoms with E-state index in [1.54, 1.807) is 0 Å². The lowest BCUT2D eigenvalue weighted by atomic mass is 9.87. The number of amides is 1. The van der Waals surface area contributed by atoms with Crippen molar-refractivity contribution in [2.45, 2.75) is 18.5 Å². The summed E-state index contributed by atoms with van der Waals surface area (Å²) in [5.74, 6) is 1.29. The molecule has 6 rings (SSSR count). The second kappa shape index (κ2) is 6.25. The number of aromatic nitrogens is 2. The van der Waals surface area contributed by atoms with Gasteiger partial charge in [-0.1, -0.05) is 12.1 Å². The molecule has 26 heavy (non-hydrogen) atoms. The van der Waals surface area contributed by atoms with E-state index in [1.165, 1.54) is 11.9 Å². The monoisotopic (exact) mass is 355 g/mol. The lowest BCUT2D eigenvalue weighted by Crippen LogP contribution is -2.70. The van der Waals surface area contributed by atoms with Crippen LogP contribution in [0.4, 0.5) is 5.95 Å². The number of para-hydroxylation sites is 2. The van der Waals surface area contributed by atoms with Crippen LogP contribution in [0.5, 0.6) is 0 Å². The lowest BCUT2D eigenvalue weighted by Gasteiger charge is -2.56. The van der Waals surface area contributed by atoms with Gasteiger partial charge in [0, 0.05) is 45.3 Å². The largest absolute Gasteiger partial charge is 0.378 e. The molecule has 7 nitrogen and oxygen atoms in total. The number of fused-ring (bicyclic) bond motifs is 3. The third kappa shape index (κ3) is 2.57. The van der Waals surface area contributed by atoms with Gasteiger partial charge in [-0.3, -0.25) is 9.69 Å². The van der Waals surface area contributed by atoms with Gasteiger partial charge in [0.15, 0.2) is 0 Å². The number of aryl methyl sites for hydroxylation is 1. The van der Waals surface area contributed by atoms with E-state index in [0.717, 1.165) is 37.6 Å². The van der Waals surface area contributed by atoms with Crippen molar-refractivity contribution in [3.05, 3.63) is 24.3 Å². The minimum absolute atomic E-state index is 0.249. The Morgan fingerprint density at radius 3 is 2.65 bits per heavy atom. The van der Waals surface area contributed by atoms with Gasteiger partial charge in [-0.15, -0.1) is 0 Å². The summed E-state index contributed by atoms with van der Waals surface area (Å²) >= 11 is 0. The molecule has 0 radical (unpaired) electrons. The number of carbonyl (C=O) groups excluding carboxylic acids is 1. The maximum atomic E-state index is 12.6. The number of anilines is 1. The van der Waals surface area contributed by atoms with E-state index in [4.69, 9.17) is 9.72 Å². The van der Waals surface area contributed by atoms with E-state index in [9.17, 15) is 4.79 Å². The topological polar surface area (TPSA) is 53.8 Å². The maximum Gasteiger partial charge on any atom is 0.236 e. The van der Waals surface area contributed by atoms with Crippen LogP contribution < -0.4 is 4.90 Å². The number of hydrogen-bond acceptors (Lipinski definition) is 5. The van der Waals surface area contributed by atoms with E-state index in [2.05, 4.69) is 39.6 Å². The molecule has 0 spiro atoms. The van der Waals surface area contributed by atoms with Gasteiger partial charge in [0.1, 0.15) is 0 Å². The first-order valence-electron chi connectivity index (χ1n) is 9.48. The SMILES string of the molecule is Cn1c(N2CC3CC(C2)N3CC(=O)N2CCOCC2)nc2ccccc21. The Hall–Kier alpha value is -2.12. The number of piperidine rings is 1.